The van der Waals surface area contributed by atoms with Gasteiger partial charge in [0.2, 0.25) is 0 Å². The number of carbonyl (C=O) groups excluding carboxylic acids is 1. The zero-order chi connectivity index (χ0) is 8.85. The molecule has 0 radical (unpaired) electrons. The normalized spacial score (nSPS) is 13.2. The molecule has 0 amide bonds. The van der Waals surface area contributed by atoms with Crippen LogP contribution >= 0.6 is 0 Å². The molecule has 11 heavy (non-hydrogen) atoms. The molecule has 0 heterocycles. The SMILES string of the molecule is COC(OC)/C(C)=C(\C)C=O. The first-order valence-corrected chi connectivity index (χ1v) is 3.35. The van der Waals surface area contributed by atoms with Crippen molar-refractivity contribution >= 4 is 6.29 Å². The largest absolute Gasteiger partial charge is 0.352 e. The Balaban J connectivity index is 4.40. The predicted octanol–water partition coefficient (Wildman–Crippen LogP) is 1.14. The van der Waals surface area contributed by atoms with Gasteiger partial charge in [0, 0.05) is 14.2 Å². The highest BCUT2D eigenvalue weighted by molar-refractivity contribution is 5.73. The van der Waals surface area contributed by atoms with Gasteiger partial charge < -0.3 is 9.47 Å². The summed E-state index contributed by atoms with van der Waals surface area (Å²) in [6.07, 6.45) is 0.389. The first-order chi connectivity index (χ1) is 5.17. The van der Waals surface area contributed by atoms with E-state index >= 15 is 0 Å². The Morgan fingerprint density at radius 2 is 1.73 bits per heavy atom. The molecule has 0 fully saturated rings. The monoisotopic (exact) mass is 158 g/mol. The number of ether oxygens (including phenoxy) is 2. The molecule has 0 aromatic carbocycles. The minimum Gasteiger partial charge on any atom is -0.352 e. The van der Waals surface area contributed by atoms with Crippen LogP contribution in [0.15, 0.2) is 11.1 Å². The van der Waals surface area contributed by atoms with E-state index in [9.17, 15) is 4.79 Å². The topological polar surface area (TPSA) is 35.5 Å². The van der Waals surface area contributed by atoms with Gasteiger partial charge in [-0.3, -0.25) is 4.79 Å². The summed E-state index contributed by atoms with van der Waals surface area (Å²) in [5, 5.41) is 0. The Morgan fingerprint density at radius 3 is 2.00 bits per heavy atom. The fraction of sp³-hybridized carbons (Fsp3) is 0.625. The number of carbonyl (C=O) groups is 1. The zero-order valence-electron chi connectivity index (χ0n) is 7.38. The molecule has 0 saturated carbocycles. The highest BCUT2D eigenvalue weighted by Gasteiger charge is 2.09. The van der Waals surface area contributed by atoms with Crippen LogP contribution in [0.4, 0.5) is 0 Å². The summed E-state index contributed by atoms with van der Waals surface area (Å²) in [7, 11) is 3.07. The molecule has 3 heteroatoms. The Bertz CT molecular complexity index is 157. The number of methoxy groups -OCH3 is 2. The summed E-state index contributed by atoms with van der Waals surface area (Å²) < 4.78 is 9.89. The third kappa shape index (κ3) is 2.82. The van der Waals surface area contributed by atoms with Crippen molar-refractivity contribution in [1.29, 1.82) is 0 Å². The second-order valence-corrected chi connectivity index (χ2v) is 2.29. The second-order valence-electron chi connectivity index (χ2n) is 2.29. The van der Waals surface area contributed by atoms with Crippen LogP contribution in [-0.4, -0.2) is 26.8 Å². The molecule has 3 nitrogen and oxygen atoms in total. The van der Waals surface area contributed by atoms with E-state index < -0.39 is 6.29 Å². The van der Waals surface area contributed by atoms with E-state index in [1.807, 2.05) is 0 Å². The van der Waals surface area contributed by atoms with Crippen molar-refractivity contribution in [3.8, 4) is 0 Å². The second kappa shape index (κ2) is 5.04. The molecule has 0 aliphatic carbocycles. The van der Waals surface area contributed by atoms with Crippen LogP contribution in [0.25, 0.3) is 0 Å². The number of aldehydes is 1. The Morgan fingerprint density at radius 1 is 1.27 bits per heavy atom. The molecule has 0 aliphatic heterocycles. The first-order valence-electron chi connectivity index (χ1n) is 3.35. The smallest absolute Gasteiger partial charge is 0.179 e. The fourth-order valence-electron chi connectivity index (χ4n) is 0.729. The molecule has 0 N–H and O–H groups in total. The van der Waals surface area contributed by atoms with E-state index in [4.69, 9.17) is 9.47 Å². The summed E-state index contributed by atoms with van der Waals surface area (Å²) in [6, 6.07) is 0. The van der Waals surface area contributed by atoms with Crippen molar-refractivity contribution in [2.24, 2.45) is 0 Å². The van der Waals surface area contributed by atoms with Crippen LogP contribution in [0.2, 0.25) is 0 Å². The van der Waals surface area contributed by atoms with Gasteiger partial charge in [0.25, 0.3) is 0 Å². The summed E-state index contributed by atoms with van der Waals surface area (Å²) >= 11 is 0. The lowest BCUT2D eigenvalue weighted by atomic mass is 10.1. The molecule has 0 spiro atoms. The van der Waals surface area contributed by atoms with Gasteiger partial charge >= 0.3 is 0 Å². The minimum absolute atomic E-state index is 0.403. The van der Waals surface area contributed by atoms with Crippen molar-refractivity contribution in [2.45, 2.75) is 20.1 Å². The van der Waals surface area contributed by atoms with Gasteiger partial charge in [-0.1, -0.05) is 0 Å². The van der Waals surface area contributed by atoms with Gasteiger partial charge in [-0.05, 0) is 25.0 Å². The minimum atomic E-state index is -0.403. The van der Waals surface area contributed by atoms with E-state index in [0.717, 1.165) is 11.9 Å². The van der Waals surface area contributed by atoms with Crippen molar-refractivity contribution in [3.05, 3.63) is 11.1 Å². The molecule has 64 valence electrons. The highest BCUT2D eigenvalue weighted by Crippen LogP contribution is 2.09. The number of hydrogen-bond acceptors (Lipinski definition) is 3. The zero-order valence-corrected chi connectivity index (χ0v) is 7.38. The van der Waals surface area contributed by atoms with Crippen molar-refractivity contribution in [3.63, 3.8) is 0 Å². The molecule has 0 aromatic rings. The third-order valence-corrected chi connectivity index (χ3v) is 1.58. The van der Waals surface area contributed by atoms with Gasteiger partial charge in [-0.15, -0.1) is 0 Å². The van der Waals surface area contributed by atoms with Gasteiger partial charge in [0.05, 0.1) is 0 Å². The van der Waals surface area contributed by atoms with E-state index in [-0.39, 0.29) is 0 Å². The van der Waals surface area contributed by atoms with E-state index in [1.54, 1.807) is 13.8 Å². The van der Waals surface area contributed by atoms with Crippen molar-refractivity contribution < 1.29 is 14.3 Å². The molecule has 0 saturated heterocycles. The quantitative estimate of drug-likeness (QED) is 0.349. The van der Waals surface area contributed by atoms with Crippen molar-refractivity contribution in [1.82, 2.24) is 0 Å². The third-order valence-electron chi connectivity index (χ3n) is 1.58. The molecule has 0 aromatic heterocycles. The van der Waals surface area contributed by atoms with Crippen LogP contribution in [0.1, 0.15) is 13.8 Å². The summed E-state index contributed by atoms with van der Waals surface area (Å²) in [6.45, 7) is 3.54. The highest BCUT2D eigenvalue weighted by atomic mass is 16.7. The molecule has 0 bridgehead atoms. The molecular formula is C8H14O3. The van der Waals surface area contributed by atoms with Gasteiger partial charge in [0.15, 0.2) is 6.29 Å². The summed E-state index contributed by atoms with van der Waals surface area (Å²) in [5.74, 6) is 0. The van der Waals surface area contributed by atoms with Crippen LogP contribution in [0.3, 0.4) is 0 Å². The Kier molecular flexibility index (Phi) is 4.74. The maximum Gasteiger partial charge on any atom is 0.179 e. The first kappa shape index (κ1) is 10.3. The Hall–Kier alpha value is -0.670. The maximum atomic E-state index is 10.3. The standard InChI is InChI=1S/C8H14O3/c1-6(5-9)7(2)8(10-3)11-4/h5,8H,1-4H3/b7-6+. The lowest BCUT2D eigenvalue weighted by Crippen LogP contribution is -2.15. The van der Waals surface area contributed by atoms with Crippen LogP contribution in [0, 0.1) is 0 Å². The lowest BCUT2D eigenvalue weighted by molar-refractivity contribution is -0.105. The van der Waals surface area contributed by atoms with E-state index in [0.29, 0.717) is 5.57 Å². The van der Waals surface area contributed by atoms with Gasteiger partial charge in [-0.2, -0.15) is 0 Å². The molecule has 0 aliphatic rings. The number of hydrogen-bond donors (Lipinski definition) is 0. The summed E-state index contributed by atoms with van der Waals surface area (Å²) in [4.78, 5) is 10.3. The lowest BCUT2D eigenvalue weighted by Gasteiger charge is -2.14. The van der Waals surface area contributed by atoms with Crippen LogP contribution in [0.5, 0.6) is 0 Å². The molecule has 0 unspecified atom stereocenters. The molecular weight excluding hydrogens is 144 g/mol. The predicted molar refractivity (Wildman–Crippen MR) is 42.2 cm³/mol. The maximum absolute atomic E-state index is 10.3. The van der Waals surface area contributed by atoms with Crippen LogP contribution in [-0.2, 0) is 14.3 Å². The van der Waals surface area contributed by atoms with E-state index in [1.165, 1.54) is 14.2 Å². The molecule has 0 atom stereocenters. The number of allylic oxidation sites excluding steroid dienone is 1. The number of rotatable bonds is 4. The average molecular weight is 158 g/mol. The van der Waals surface area contributed by atoms with Gasteiger partial charge in [0.1, 0.15) is 6.29 Å². The Labute approximate surface area is 67.0 Å². The van der Waals surface area contributed by atoms with Gasteiger partial charge in [-0.25, -0.2) is 0 Å². The average Bonchev–Trinajstić information content (AvgIpc) is 2.05. The van der Waals surface area contributed by atoms with Crippen molar-refractivity contribution in [2.75, 3.05) is 14.2 Å². The van der Waals surface area contributed by atoms with Crippen LogP contribution < -0.4 is 0 Å². The fourth-order valence-corrected chi connectivity index (χ4v) is 0.729. The molecule has 0 rings (SSSR count). The summed E-state index contributed by atoms with van der Waals surface area (Å²) in [5.41, 5.74) is 1.46. The van der Waals surface area contributed by atoms with E-state index in [2.05, 4.69) is 0 Å².